The minimum Gasteiger partial charge on any atom is -0.330 e. The molecule has 1 N–H and O–H groups in total. The van der Waals surface area contributed by atoms with Crippen molar-refractivity contribution in [1.82, 2.24) is 24.2 Å². The lowest BCUT2D eigenvalue weighted by Crippen LogP contribution is -2.30. The van der Waals surface area contributed by atoms with E-state index in [-0.39, 0.29) is 18.0 Å². The Hall–Kier alpha value is -3.52. The molecule has 33 heavy (non-hydrogen) atoms. The molecule has 0 radical (unpaired) electrons. The molecule has 0 aliphatic carbocycles. The number of rotatable bonds is 5. The molecular formula is C25H28N6O2. The molecular weight excluding hydrogens is 416 g/mol. The summed E-state index contributed by atoms with van der Waals surface area (Å²) in [7, 11) is 2.02. The van der Waals surface area contributed by atoms with Gasteiger partial charge in [0.05, 0.1) is 28.7 Å². The number of carbonyl (C=O) groups excluding carboxylic acids is 1. The third-order valence-corrected chi connectivity index (χ3v) is 6.42. The van der Waals surface area contributed by atoms with Gasteiger partial charge in [-0.05, 0) is 57.1 Å². The predicted molar refractivity (Wildman–Crippen MR) is 129 cm³/mol. The lowest BCUT2D eigenvalue weighted by atomic mass is 10.1. The van der Waals surface area contributed by atoms with Gasteiger partial charge in [-0.25, -0.2) is 9.67 Å². The molecule has 1 fully saturated rings. The maximum atomic E-state index is 12.8. The maximum Gasteiger partial charge on any atom is 0.275 e. The second kappa shape index (κ2) is 8.78. The number of aromatic nitrogens is 4. The minimum absolute atomic E-state index is 0.145. The van der Waals surface area contributed by atoms with Crippen LogP contribution in [0, 0.1) is 6.92 Å². The fraction of sp³-hybridized carbons (Fsp3) is 0.360. The molecule has 2 aromatic carbocycles. The first kappa shape index (κ1) is 21.3. The van der Waals surface area contributed by atoms with Gasteiger partial charge in [-0.15, -0.1) is 0 Å². The minimum atomic E-state index is -0.297. The molecule has 4 aromatic rings. The molecule has 0 bridgehead atoms. The largest absolute Gasteiger partial charge is 0.330 e. The molecule has 1 aliphatic rings. The Labute approximate surface area is 191 Å². The summed E-state index contributed by atoms with van der Waals surface area (Å²) in [5.41, 5.74) is 3.00. The van der Waals surface area contributed by atoms with E-state index in [1.165, 1.54) is 23.9 Å². The summed E-state index contributed by atoms with van der Waals surface area (Å²) in [5.74, 6) is 0.729. The van der Waals surface area contributed by atoms with Crippen LogP contribution >= 0.6 is 0 Å². The highest BCUT2D eigenvalue weighted by molar-refractivity contribution is 5.93. The molecule has 1 amide bonds. The van der Waals surface area contributed by atoms with Crippen molar-refractivity contribution in [1.29, 1.82) is 0 Å². The van der Waals surface area contributed by atoms with Crippen molar-refractivity contribution in [3.63, 3.8) is 0 Å². The van der Waals surface area contributed by atoms with Gasteiger partial charge in [0.25, 0.3) is 5.56 Å². The normalized spacial score (nSPS) is 14.7. The van der Waals surface area contributed by atoms with Gasteiger partial charge in [-0.1, -0.05) is 24.6 Å². The second-order valence-corrected chi connectivity index (χ2v) is 8.77. The van der Waals surface area contributed by atoms with Crippen LogP contribution < -0.4 is 10.9 Å². The van der Waals surface area contributed by atoms with Crippen molar-refractivity contribution >= 4 is 33.4 Å². The van der Waals surface area contributed by atoms with E-state index in [4.69, 9.17) is 4.98 Å². The number of hydrogen-bond acceptors (Lipinski definition) is 5. The highest BCUT2D eigenvalue weighted by Crippen LogP contribution is 2.22. The highest BCUT2D eigenvalue weighted by Gasteiger charge is 2.16. The molecule has 5 rings (SSSR count). The quantitative estimate of drug-likeness (QED) is 0.511. The van der Waals surface area contributed by atoms with Gasteiger partial charge in [0.15, 0.2) is 0 Å². The summed E-state index contributed by atoms with van der Waals surface area (Å²) in [4.78, 5) is 32.7. The third kappa shape index (κ3) is 4.26. The van der Waals surface area contributed by atoms with Gasteiger partial charge < -0.3 is 9.88 Å². The average Bonchev–Trinajstić information content (AvgIpc) is 3.12. The van der Waals surface area contributed by atoms with Crippen LogP contribution in [0.3, 0.4) is 0 Å². The number of carbonyl (C=O) groups is 1. The maximum absolute atomic E-state index is 12.8. The smallest absolute Gasteiger partial charge is 0.275 e. The van der Waals surface area contributed by atoms with Crippen molar-refractivity contribution in [3.8, 4) is 0 Å². The molecule has 170 valence electrons. The highest BCUT2D eigenvalue weighted by atomic mass is 16.2. The van der Waals surface area contributed by atoms with E-state index in [1.54, 1.807) is 6.07 Å². The van der Waals surface area contributed by atoms with Crippen molar-refractivity contribution in [3.05, 3.63) is 64.3 Å². The van der Waals surface area contributed by atoms with Gasteiger partial charge in [-0.2, -0.15) is 5.10 Å². The van der Waals surface area contributed by atoms with Crippen LogP contribution in [0.1, 0.15) is 30.8 Å². The fourth-order valence-electron chi connectivity index (χ4n) is 4.62. The average molecular weight is 445 g/mol. The van der Waals surface area contributed by atoms with Gasteiger partial charge >= 0.3 is 0 Å². The molecule has 0 atom stereocenters. The molecule has 0 unspecified atom stereocenters. The molecule has 2 aromatic heterocycles. The van der Waals surface area contributed by atoms with E-state index in [0.717, 1.165) is 47.6 Å². The Bertz CT molecular complexity index is 1400. The lowest BCUT2D eigenvalue weighted by Gasteiger charge is -2.25. The zero-order valence-corrected chi connectivity index (χ0v) is 19.0. The Morgan fingerprint density at radius 3 is 2.61 bits per heavy atom. The summed E-state index contributed by atoms with van der Waals surface area (Å²) in [5, 5.41) is 8.61. The van der Waals surface area contributed by atoms with E-state index in [9.17, 15) is 9.59 Å². The SMILES string of the molecule is Cc1nn(CC(=O)Nc2ccc3nc(CN4CCCCC4)n(C)c3c2)c(=O)c2ccccc12. The van der Waals surface area contributed by atoms with Gasteiger partial charge in [0.1, 0.15) is 12.4 Å². The van der Waals surface area contributed by atoms with Crippen LogP contribution in [0.25, 0.3) is 21.8 Å². The molecule has 1 aliphatic heterocycles. The molecule has 0 spiro atoms. The van der Waals surface area contributed by atoms with Crippen LogP contribution in [-0.2, 0) is 24.9 Å². The first-order chi connectivity index (χ1) is 16.0. The summed E-state index contributed by atoms with van der Waals surface area (Å²) in [6.07, 6.45) is 3.80. The standard InChI is InChI=1S/C25H28N6O2/c1-17-19-8-4-5-9-20(19)25(33)31(28-17)16-24(32)26-18-10-11-21-22(14-18)29(2)23(27-21)15-30-12-6-3-7-13-30/h4-5,8-11,14H,3,6-7,12-13,15-16H2,1-2H3,(H,26,32). The van der Waals surface area contributed by atoms with Crippen LogP contribution in [0.2, 0.25) is 0 Å². The number of piperidine rings is 1. The van der Waals surface area contributed by atoms with Crippen molar-refractivity contribution in [2.24, 2.45) is 7.05 Å². The van der Waals surface area contributed by atoms with Crippen molar-refractivity contribution < 1.29 is 4.79 Å². The van der Waals surface area contributed by atoms with E-state index < -0.39 is 0 Å². The predicted octanol–water partition coefficient (Wildman–Crippen LogP) is 3.22. The number of fused-ring (bicyclic) bond motifs is 2. The van der Waals surface area contributed by atoms with Crippen LogP contribution in [0.4, 0.5) is 5.69 Å². The molecule has 8 heteroatoms. The van der Waals surface area contributed by atoms with E-state index in [1.807, 2.05) is 50.4 Å². The Balaban J connectivity index is 1.34. The van der Waals surface area contributed by atoms with E-state index >= 15 is 0 Å². The van der Waals surface area contributed by atoms with Crippen LogP contribution in [0.5, 0.6) is 0 Å². The molecule has 8 nitrogen and oxygen atoms in total. The first-order valence-corrected chi connectivity index (χ1v) is 11.4. The number of nitrogens with zero attached hydrogens (tertiary/aromatic N) is 5. The Morgan fingerprint density at radius 2 is 1.82 bits per heavy atom. The number of benzene rings is 2. The van der Waals surface area contributed by atoms with Crippen molar-refractivity contribution in [2.45, 2.75) is 39.3 Å². The number of hydrogen-bond donors (Lipinski definition) is 1. The molecule has 3 heterocycles. The zero-order valence-electron chi connectivity index (χ0n) is 19.0. The third-order valence-electron chi connectivity index (χ3n) is 6.42. The second-order valence-electron chi connectivity index (χ2n) is 8.77. The number of likely N-dealkylation sites (tertiary alicyclic amines) is 1. The monoisotopic (exact) mass is 444 g/mol. The fourth-order valence-corrected chi connectivity index (χ4v) is 4.62. The molecule has 0 saturated carbocycles. The van der Waals surface area contributed by atoms with Crippen molar-refractivity contribution in [2.75, 3.05) is 18.4 Å². The van der Waals surface area contributed by atoms with Gasteiger partial charge in [0.2, 0.25) is 5.91 Å². The number of nitrogens with one attached hydrogen (secondary N) is 1. The zero-order chi connectivity index (χ0) is 22.9. The summed E-state index contributed by atoms with van der Waals surface area (Å²) in [6.45, 7) is 4.77. The molecule has 1 saturated heterocycles. The number of anilines is 1. The first-order valence-electron chi connectivity index (χ1n) is 11.4. The number of aryl methyl sites for hydroxylation is 2. The summed E-state index contributed by atoms with van der Waals surface area (Å²) >= 11 is 0. The number of amides is 1. The van der Waals surface area contributed by atoms with Gasteiger partial charge in [0, 0.05) is 18.1 Å². The number of imidazole rings is 1. The van der Waals surface area contributed by atoms with Crippen LogP contribution in [-0.4, -0.2) is 43.2 Å². The van der Waals surface area contributed by atoms with Gasteiger partial charge in [-0.3, -0.25) is 14.5 Å². The summed E-state index contributed by atoms with van der Waals surface area (Å²) < 4.78 is 3.32. The van der Waals surface area contributed by atoms with Crippen LogP contribution in [0.15, 0.2) is 47.3 Å². The van der Waals surface area contributed by atoms with E-state index in [2.05, 4.69) is 19.9 Å². The van der Waals surface area contributed by atoms with E-state index in [0.29, 0.717) is 11.1 Å². The topological polar surface area (TPSA) is 85.1 Å². The lowest BCUT2D eigenvalue weighted by molar-refractivity contribution is -0.117. The Kier molecular flexibility index (Phi) is 5.68. The Morgan fingerprint density at radius 1 is 1.06 bits per heavy atom. The summed E-state index contributed by atoms with van der Waals surface area (Å²) in [6, 6.07) is 13.0.